The van der Waals surface area contributed by atoms with Gasteiger partial charge < -0.3 is 0 Å². The van der Waals surface area contributed by atoms with Gasteiger partial charge in [0.2, 0.25) is 0 Å². The monoisotopic (exact) mass is 250 g/mol. The van der Waals surface area contributed by atoms with Gasteiger partial charge in [0.25, 0.3) is 0 Å². The van der Waals surface area contributed by atoms with Gasteiger partial charge in [-0.25, -0.2) is 0 Å². The summed E-state index contributed by atoms with van der Waals surface area (Å²) in [6.07, 6.45) is 0. The predicted molar refractivity (Wildman–Crippen MR) is 59.1 cm³/mol. The molecule has 0 bridgehead atoms. The van der Waals surface area contributed by atoms with Crippen molar-refractivity contribution < 1.29 is 8.80 Å². The van der Waals surface area contributed by atoms with Crippen molar-refractivity contribution in [3.05, 3.63) is 0 Å². The predicted octanol–water partition coefficient (Wildman–Crippen LogP) is 3.74. The van der Waals surface area contributed by atoms with E-state index in [1.807, 2.05) is 20.8 Å². The van der Waals surface area contributed by atoms with Gasteiger partial charge in [0.1, 0.15) is 0 Å². The molecule has 0 heterocycles. The van der Waals surface area contributed by atoms with E-state index in [9.17, 15) is 0 Å². The Balaban J connectivity index is 4.11. The number of hydrogen-bond donors (Lipinski definition) is 0. The van der Waals surface area contributed by atoms with Gasteiger partial charge in [-0.05, 0) is 0 Å². The zero-order valence-corrected chi connectivity index (χ0v) is 12.0. The Morgan fingerprint density at radius 1 is 0.923 bits per heavy atom. The maximum absolute atomic E-state index is 5.73. The van der Waals surface area contributed by atoms with Gasteiger partial charge in [0.15, 0.2) is 0 Å². The molecule has 0 saturated carbocycles. The molecular weight excluding hydrogens is 225 g/mol. The molecule has 0 fully saturated rings. The molecule has 0 unspecified atom stereocenters. The van der Waals surface area contributed by atoms with Crippen LogP contribution in [-0.4, -0.2) is 19.2 Å². The quantitative estimate of drug-likeness (QED) is 0.419. The summed E-state index contributed by atoms with van der Waals surface area (Å²) in [4.78, 5) is 5.45. The van der Waals surface area contributed by atoms with Crippen LogP contribution in [0.1, 0.15) is 41.5 Å². The molecule has 3 heteroatoms. The molecule has 0 saturated heterocycles. The van der Waals surface area contributed by atoms with E-state index >= 15 is 0 Å². The van der Waals surface area contributed by atoms with Gasteiger partial charge in [-0.2, -0.15) is 0 Å². The van der Waals surface area contributed by atoms with Crippen LogP contribution in [0.2, 0.25) is 15.8 Å². The van der Waals surface area contributed by atoms with Crippen LogP contribution in [-0.2, 0) is 8.80 Å². The van der Waals surface area contributed by atoms with Crippen LogP contribution in [0.25, 0.3) is 0 Å². The van der Waals surface area contributed by atoms with Gasteiger partial charge in [-0.3, -0.25) is 0 Å². The fraction of sp³-hybridized carbons (Fsp3) is 1.00. The first-order valence-electron chi connectivity index (χ1n) is 5.26. The van der Waals surface area contributed by atoms with Crippen molar-refractivity contribution in [2.45, 2.75) is 62.9 Å². The molecular formula is C10H24GeO2. The molecule has 0 rings (SSSR count). The molecule has 0 aromatic carbocycles. The average molecular weight is 249 g/mol. The van der Waals surface area contributed by atoms with E-state index in [1.165, 1.54) is 15.8 Å². The molecule has 0 aromatic heterocycles. The van der Waals surface area contributed by atoms with Gasteiger partial charge in [0.05, 0.1) is 0 Å². The summed E-state index contributed by atoms with van der Waals surface area (Å²) in [6, 6.07) is 0. The summed E-state index contributed by atoms with van der Waals surface area (Å²) in [5.74, 6) is 0. The molecule has 0 N–H and O–H groups in total. The summed E-state index contributed by atoms with van der Waals surface area (Å²) in [6.45, 7) is 12.8. The van der Waals surface area contributed by atoms with E-state index in [0.717, 1.165) is 0 Å². The maximum atomic E-state index is 5.73. The Kier molecular flexibility index (Phi) is 5.56. The summed E-state index contributed by atoms with van der Waals surface area (Å²) in [5, 5.41) is 3.55. The van der Waals surface area contributed by atoms with E-state index in [-0.39, 0.29) is 5.60 Å². The molecule has 2 nitrogen and oxygen atoms in total. The second-order valence-electron chi connectivity index (χ2n) is 4.52. The van der Waals surface area contributed by atoms with Gasteiger partial charge in [-0.15, -0.1) is 0 Å². The normalized spacial score (nSPS) is 13.4. The zero-order valence-electron chi connectivity index (χ0n) is 9.94. The molecule has 0 amide bonds. The Bertz CT molecular complexity index is 128. The van der Waals surface area contributed by atoms with E-state index in [1.54, 1.807) is 0 Å². The SMILES string of the molecule is C[CH2][Ge]([CH2]C)([CH2]C)[O]OC(C)(C)C. The summed E-state index contributed by atoms with van der Waals surface area (Å²) in [5.41, 5.74) is -0.171. The molecule has 0 aromatic rings. The third-order valence-corrected chi connectivity index (χ3v) is 11.4. The van der Waals surface area contributed by atoms with Crippen LogP contribution < -0.4 is 0 Å². The summed E-state index contributed by atoms with van der Waals surface area (Å²) < 4.78 is 5.73. The third kappa shape index (κ3) is 5.03. The summed E-state index contributed by atoms with van der Waals surface area (Å²) >= 11 is -2.06. The molecule has 0 spiro atoms. The second-order valence-corrected chi connectivity index (χ2v) is 14.3. The van der Waals surface area contributed by atoms with E-state index in [2.05, 4.69) is 20.8 Å². The Labute approximate surface area is 85.6 Å². The van der Waals surface area contributed by atoms with Crippen molar-refractivity contribution in [3.63, 3.8) is 0 Å². The Hall–Kier alpha value is 0.463. The average Bonchev–Trinajstić information content (AvgIpc) is 2.06. The van der Waals surface area contributed by atoms with Crippen LogP contribution in [0.4, 0.5) is 0 Å². The van der Waals surface area contributed by atoms with Crippen LogP contribution in [0.5, 0.6) is 0 Å². The molecule has 0 atom stereocenters. The van der Waals surface area contributed by atoms with Gasteiger partial charge in [-0.1, -0.05) is 0 Å². The van der Waals surface area contributed by atoms with Gasteiger partial charge >= 0.3 is 85.3 Å². The van der Waals surface area contributed by atoms with E-state index < -0.39 is 13.6 Å². The van der Waals surface area contributed by atoms with Crippen molar-refractivity contribution in [3.8, 4) is 0 Å². The van der Waals surface area contributed by atoms with Crippen molar-refractivity contribution in [1.82, 2.24) is 0 Å². The van der Waals surface area contributed by atoms with E-state index in [4.69, 9.17) is 8.80 Å². The Morgan fingerprint density at radius 3 is 1.54 bits per heavy atom. The molecule has 0 radical (unpaired) electrons. The first-order chi connectivity index (χ1) is 5.89. The third-order valence-electron chi connectivity index (χ3n) is 2.40. The topological polar surface area (TPSA) is 18.5 Å². The van der Waals surface area contributed by atoms with Crippen LogP contribution >= 0.6 is 0 Å². The number of rotatable bonds is 5. The molecule has 80 valence electrons. The Morgan fingerprint density at radius 2 is 1.31 bits per heavy atom. The first kappa shape index (κ1) is 13.5. The summed E-state index contributed by atoms with van der Waals surface area (Å²) in [7, 11) is 0. The van der Waals surface area contributed by atoms with Crippen molar-refractivity contribution >= 4 is 13.6 Å². The molecule has 13 heavy (non-hydrogen) atoms. The van der Waals surface area contributed by atoms with Gasteiger partial charge in [0, 0.05) is 0 Å². The van der Waals surface area contributed by atoms with Crippen molar-refractivity contribution in [2.75, 3.05) is 0 Å². The molecule has 0 aliphatic rings. The second kappa shape index (κ2) is 5.37. The minimum absolute atomic E-state index is 0.171. The van der Waals surface area contributed by atoms with Crippen molar-refractivity contribution in [1.29, 1.82) is 0 Å². The van der Waals surface area contributed by atoms with Crippen molar-refractivity contribution in [2.24, 2.45) is 0 Å². The fourth-order valence-corrected chi connectivity index (χ4v) is 5.92. The van der Waals surface area contributed by atoms with E-state index in [0.29, 0.717) is 0 Å². The van der Waals surface area contributed by atoms with Crippen LogP contribution in [0.3, 0.4) is 0 Å². The minimum atomic E-state index is -2.06. The molecule has 0 aliphatic heterocycles. The van der Waals surface area contributed by atoms with Crippen LogP contribution in [0, 0.1) is 0 Å². The fourth-order valence-electron chi connectivity index (χ4n) is 1.14. The standard InChI is InChI=1S/C10H24GeO2/c1-7-11(8-2,9-3)13-12-10(4,5)6/h7-9H2,1-6H3. The first-order valence-corrected chi connectivity index (χ1v) is 10.6. The zero-order chi connectivity index (χ0) is 10.5. The molecule has 0 aliphatic carbocycles. The van der Waals surface area contributed by atoms with Crippen LogP contribution in [0.15, 0.2) is 0 Å². The number of hydrogen-bond acceptors (Lipinski definition) is 2.